The number of ether oxygens (including phenoxy) is 1. The zero-order valence-corrected chi connectivity index (χ0v) is 11.2. The van der Waals surface area contributed by atoms with Crippen molar-refractivity contribution in [1.29, 1.82) is 0 Å². The van der Waals surface area contributed by atoms with Crippen LogP contribution < -0.4 is 5.32 Å². The molecule has 1 aromatic carbocycles. The van der Waals surface area contributed by atoms with Gasteiger partial charge in [-0.25, -0.2) is 0 Å². The fourth-order valence-electron chi connectivity index (χ4n) is 2.89. The summed E-state index contributed by atoms with van der Waals surface area (Å²) in [6.45, 7) is 1.69. The van der Waals surface area contributed by atoms with E-state index in [1.165, 1.54) is 19.3 Å². The third-order valence-electron chi connectivity index (χ3n) is 3.77. The van der Waals surface area contributed by atoms with E-state index in [2.05, 4.69) is 10.2 Å². The Balaban J connectivity index is 1.68. The molecule has 2 fully saturated rings. The highest BCUT2D eigenvalue weighted by molar-refractivity contribution is 7.80. The molecule has 1 saturated carbocycles. The number of thiocarbonyl (C=S) groups is 1. The number of anilines is 1. The van der Waals surface area contributed by atoms with E-state index in [-0.39, 0.29) is 0 Å². The van der Waals surface area contributed by atoms with Gasteiger partial charge in [0.15, 0.2) is 5.11 Å². The van der Waals surface area contributed by atoms with Crippen molar-refractivity contribution >= 4 is 23.0 Å². The van der Waals surface area contributed by atoms with Gasteiger partial charge in [-0.1, -0.05) is 18.2 Å². The Bertz CT molecular complexity index is 423. The quantitative estimate of drug-likeness (QED) is 0.786. The Morgan fingerprint density at radius 1 is 1.28 bits per heavy atom. The number of morpholine rings is 1. The van der Waals surface area contributed by atoms with Gasteiger partial charge in [0.05, 0.1) is 18.8 Å². The molecule has 2 aliphatic rings. The van der Waals surface area contributed by atoms with Gasteiger partial charge in [-0.2, -0.15) is 0 Å². The van der Waals surface area contributed by atoms with Crippen molar-refractivity contribution in [3.63, 3.8) is 0 Å². The Kier molecular flexibility index (Phi) is 3.48. The van der Waals surface area contributed by atoms with Gasteiger partial charge in [0.25, 0.3) is 0 Å². The molecule has 0 spiro atoms. The lowest BCUT2D eigenvalue weighted by Crippen LogP contribution is -2.52. The summed E-state index contributed by atoms with van der Waals surface area (Å²) in [6.07, 6.45) is 4.00. The first kappa shape index (κ1) is 11.9. The van der Waals surface area contributed by atoms with E-state index in [1.807, 2.05) is 30.3 Å². The highest BCUT2D eigenvalue weighted by atomic mass is 32.1. The summed E-state index contributed by atoms with van der Waals surface area (Å²) in [7, 11) is 0. The molecule has 0 bridgehead atoms. The molecule has 18 heavy (non-hydrogen) atoms. The third kappa shape index (κ3) is 2.35. The second-order valence-corrected chi connectivity index (χ2v) is 5.28. The van der Waals surface area contributed by atoms with Crippen molar-refractivity contribution in [1.82, 2.24) is 4.90 Å². The molecule has 0 aromatic heterocycles. The van der Waals surface area contributed by atoms with Gasteiger partial charge in [0.2, 0.25) is 0 Å². The summed E-state index contributed by atoms with van der Waals surface area (Å²) in [4.78, 5) is 2.31. The van der Waals surface area contributed by atoms with E-state index in [9.17, 15) is 0 Å². The molecule has 3 nitrogen and oxygen atoms in total. The predicted octanol–water partition coefficient (Wildman–Crippen LogP) is 2.64. The minimum absolute atomic E-state index is 0.384. The van der Waals surface area contributed by atoms with Crippen LogP contribution in [0, 0.1) is 0 Å². The van der Waals surface area contributed by atoms with Crippen LogP contribution in [0.25, 0.3) is 0 Å². The average molecular weight is 262 g/mol. The zero-order chi connectivity index (χ0) is 12.4. The van der Waals surface area contributed by atoms with E-state index in [0.717, 1.165) is 24.0 Å². The topological polar surface area (TPSA) is 24.5 Å². The lowest BCUT2D eigenvalue weighted by molar-refractivity contribution is -0.0284. The number of para-hydroxylation sites is 1. The summed E-state index contributed by atoms with van der Waals surface area (Å²) in [5, 5.41) is 4.16. The first-order valence-corrected chi connectivity index (χ1v) is 7.00. The molecule has 3 rings (SSSR count). The number of hydrogen-bond donors (Lipinski definition) is 1. The van der Waals surface area contributed by atoms with E-state index >= 15 is 0 Å². The first-order chi connectivity index (χ1) is 8.84. The molecule has 1 aliphatic heterocycles. The summed E-state index contributed by atoms with van der Waals surface area (Å²) >= 11 is 5.54. The van der Waals surface area contributed by atoms with Crippen LogP contribution in [-0.2, 0) is 4.74 Å². The van der Waals surface area contributed by atoms with E-state index < -0.39 is 0 Å². The summed E-state index contributed by atoms with van der Waals surface area (Å²) in [5.74, 6) is 0. The normalized spacial score (nSPS) is 26.8. The Morgan fingerprint density at radius 3 is 2.94 bits per heavy atom. The number of nitrogens with one attached hydrogen (secondary N) is 1. The van der Waals surface area contributed by atoms with Gasteiger partial charge in [-0.3, -0.25) is 0 Å². The summed E-state index contributed by atoms with van der Waals surface area (Å²) < 4.78 is 5.80. The Morgan fingerprint density at radius 2 is 2.11 bits per heavy atom. The summed E-state index contributed by atoms with van der Waals surface area (Å²) in [5.41, 5.74) is 1.06. The molecule has 96 valence electrons. The van der Waals surface area contributed by atoms with Crippen LogP contribution in [-0.4, -0.2) is 35.3 Å². The molecular formula is C14H18N2OS. The number of hydrogen-bond acceptors (Lipinski definition) is 2. The van der Waals surface area contributed by atoms with Crippen LogP contribution in [0.2, 0.25) is 0 Å². The fourth-order valence-corrected chi connectivity index (χ4v) is 3.24. The Hall–Kier alpha value is -1.13. The second-order valence-electron chi connectivity index (χ2n) is 4.90. The molecule has 1 heterocycles. The van der Waals surface area contributed by atoms with Gasteiger partial charge in [0.1, 0.15) is 0 Å². The molecule has 1 aromatic rings. The SMILES string of the molecule is S=C(Nc1ccccc1)N1CCOC2CCCC21. The molecule has 4 heteroatoms. The van der Waals surface area contributed by atoms with Crippen LogP contribution >= 0.6 is 12.2 Å². The molecule has 0 radical (unpaired) electrons. The number of rotatable bonds is 1. The maximum absolute atomic E-state index is 5.80. The van der Waals surface area contributed by atoms with Gasteiger partial charge in [0, 0.05) is 12.2 Å². The van der Waals surface area contributed by atoms with Crippen LogP contribution in [0.5, 0.6) is 0 Å². The monoisotopic (exact) mass is 262 g/mol. The number of benzene rings is 1. The van der Waals surface area contributed by atoms with Crippen molar-refractivity contribution in [3.05, 3.63) is 30.3 Å². The molecule has 1 N–H and O–H groups in total. The maximum atomic E-state index is 5.80. The van der Waals surface area contributed by atoms with E-state index in [1.54, 1.807) is 0 Å². The van der Waals surface area contributed by atoms with Crippen molar-refractivity contribution < 1.29 is 4.74 Å². The largest absolute Gasteiger partial charge is 0.374 e. The van der Waals surface area contributed by atoms with E-state index in [0.29, 0.717) is 12.1 Å². The smallest absolute Gasteiger partial charge is 0.173 e. The van der Waals surface area contributed by atoms with Crippen molar-refractivity contribution in [3.8, 4) is 0 Å². The second kappa shape index (κ2) is 5.24. The molecule has 0 amide bonds. The predicted molar refractivity (Wildman–Crippen MR) is 76.7 cm³/mol. The van der Waals surface area contributed by atoms with Crippen molar-refractivity contribution in [2.75, 3.05) is 18.5 Å². The van der Waals surface area contributed by atoms with E-state index in [4.69, 9.17) is 17.0 Å². The Labute approximate surface area is 113 Å². The van der Waals surface area contributed by atoms with Crippen LogP contribution in [0.4, 0.5) is 5.69 Å². The molecule has 1 aliphatic carbocycles. The van der Waals surface area contributed by atoms with Crippen LogP contribution in [0.1, 0.15) is 19.3 Å². The zero-order valence-electron chi connectivity index (χ0n) is 10.3. The fraction of sp³-hybridized carbons (Fsp3) is 0.500. The molecule has 1 saturated heterocycles. The standard InChI is InChI=1S/C14H18N2OS/c18-14(15-11-5-2-1-3-6-11)16-9-10-17-13-8-4-7-12(13)16/h1-3,5-6,12-13H,4,7-10H2,(H,15,18). The first-order valence-electron chi connectivity index (χ1n) is 6.59. The van der Waals surface area contributed by atoms with Crippen molar-refractivity contribution in [2.24, 2.45) is 0 Å². The lowest BCUT2D eigenvalue weighted by Gasteiger charge is -2.39. The van der Waals surface area contributed by atoms with Gasteiger partial charge >= 0.3 is 0 Å². The number of nitrogens with zero attached hydrogens (tertiary/aromatic N) is 1. The average Bonchev–Trinajstić information content (AvgIpc) is 2.87. The van der Waals surface area contributed by atoms with Crippen LogP contribution in [0.3, 0.4) is 0 Å². The summed E-state index contributed by atoms with van der Waals surface area (Å²) in [6, 6.07) is 10.6. The molecule has 2 unspecified atom stereocenters. The molecule has 2 atom stereocenters. The maximum Gasteiger partial charge on any atom is 0.173 e. The van der Waals surface area contributed by atoms with Crippen molar-refractivity contribution in [2.45, 2.75) is 31.4 Å². The van der Waals surface area contributed by atoms with Gasteiger partial charge < -0.3 is 15.0 Å². The third-order valence-corrected chi connectivity index (χ3v) is 4.10. The minimum Gasteiger partial charge on any atom is -0.374 e. The molecular weight excluding hydrogens is 244 g/mol. The highest BCUT2D eigenvalue weighted by Crippen LogP contribution is 2.30. The van der Waals surface area contributed by atoms with Gasteiger partial charge in [-0.05, 0) is 43.6 Å². The minimum atomic E-state index is 0.384. The lowest BCUT2D eigenvalue weighted by atomic mass is 10.1. The van der Waals surface area contributed by atoms with Gasteiger partial charge in [-0.15, -0.1) is 0 Å². The van der Waals surface area contributed by atoms with Crippen LogP contribution in [0.15, 0.2) is 30.3 Å². The number of fused-ring (bicyclic) bond motifs is 1. The highest BCUT2D eigenvalue weighted by Gasteiger charge is 2.37.